The molecule has 2 nitrogen and oxygen atoms in total. The first-order chi connectivity index (χ1) is 8.14. The quantitative estimate of drug-likeness (QED) is 0.892. The van der Waals surface area contributed by atoms with Crippen LogP contribution in [-0.2, 0) is 0 Å². The predicted molar refractivity (Wildman–Crippen MR) is 85.1 cm³/mol. The average molecular weight is 333 g/mol. The summed E-state index contributed by atoms with van der Waals surface area (Å²) in [5.74, 6) is 0. The van der Waals surface area contributed by atoms with Crippen LogP contribution in [0.4, 0.5) is 0 Å². The summed E-state index contributed by atoms with van der Waals surface area (Å²) in [6, 6.07) is 3.04. The highest BCUT2D eigenvalue weighted by molar-refractivity contribution is 9.10. The number of rotatable bonds is 4. The summed E-state index contributed by atoms with van der Waals surface area (Å²) >= 11 is 5.30. The van der Waals surface area contributed by atoms with Crippen molar-refractivity contribution in [3.05, 3.63) is 20.8 Å². The molecule has 0 aliphatic carbocycles. The van der Waals surface area contributed by atoms with Crippen LogP contribution in [-0.4, -0.2) is 24.0 Å². The lowest BCUT2D eigenvalue weighted by Gasteiger charge is -2.41. The Morgan fingerprint density at radius 1 is 1.33 bits per heavy atom. The number of thiophene rings is 1. The summed E-state index contributed by atoms with van der Waals surface area (Å²) in [5.41, 5.74) is 6.46. The van der Waals surface area contributed by atoms with Gasteiger partial charge < -0.3 is 5.73 Å². The Labute approximate surface area is 124 Å². The molecule has 18 heavy (non-hydrogen) atoms. The normalized spacial score (nSPS) is 17.8. The Morgan fingerprint density at radius 2 is 1.89 bits per heavy atom. The highest BCUT2D eigenvalue weighted by Crippen LogP contribution is 2.35. The second-order valence-corrected chi connectivity index (χ2v) is 8.04. The molecule has 0 fully saturated rings. The Balaban J connectivity index is 2.99. The van der Waals surface area contributed by atoms with E-state index in [2.05, 4.69) is 73.9 Å². The van der Waals surface area contributed by atoms with Crippen molar-refractivity contribution in [2.45, 2.75) is 52.7 Å². The molecule has 1 heterocycles. The van der Waals surface area contributed by atoms with Crippen molar-refractivity contribution in [1.29, 1.82) is 0 Å². The van der Waals surface area contributed by atoms with Crippen LogP contribution in [0, 0.1) is 5.41 Å². The first-order valence-electron chi connectivity index (χ1n) is 6.36. The van der Waals surface area contributed by atoms with E-state index in [1.165, 1.54) is 4.88 Å². The molecule has 0 aliphatic heterocycles. The van der Waals surface area contributed by atoms with E-state index in [1.54, 1.807) is 11.3 Å². The molecule has 3 atom stereocenters. The SMILES string of the molecule is CC(N)C(c1cc(Br)cs1)N(C)C(C)C(C)(C)C. The molecule has 104 valence electrons. The van der Waals surface area contributed by atoms with Gasteiger partial charge in [0.05, 0.1) is 6.04 Å². The standard InChI is InChI=1S/C14H25BrN2S/c1-9(16)13(12-7-11(15)8-18-12)17(6)10(2)14(3,4)5/h7-10,13H,16H2,1-6H3. The molecular formula is C14H25BrN2S. The number of likely N-dealkylation sites (N-methyl/N-ethyl adjacent to an activating group) is 1. The minimum absolute atomic E-state index is 0.116. The highest BCUT2D eigenvalue weighted by atomic mass is 79.9. The van der Waals surface area contributed by atoms with E-state index in [0.717, 1.165) is 4.47 Å². The Bertz CT molecular complexity index is 381. The highest BCUT2D eigenvalue weighted by Gasteiger charge is 2.31. The smallest absolute Gasteiger partial charge is 0.0591 e. The second-order valence-electron chi connectivity index (χ2n) is 6.18. The Hall–Kier alpha value is 0.1000. The summed E-state index contributed by atoms with van der Waals surface area (Å²) in [6.45, 7) is 11.2. The van der Waals surface area contributed by atoms with Crippen LogP contribution < -0.4 is 5.73 Å². The summed E-state index contributed by atoms with van der Waals surface area (Å²) in [5, 5.41) is 2.13. The third kappa shape index (κ3) is 3.80. The van der Waals surface area contributed by atoms with Crippen LogP contribution in [0.1, 0.15) is 45.5 Å². The van der Waals surface area contributed by atoms with Crippen molar-refractivity contribution in [1.82, 2.24) is 4.90 Å². The molecular weight excluding hydrogens is 308 g/mol. The Kier molecular flexibility index (Phi) is 5.42. The van der Waals surface area contributed by atoms with Crippen molar-refractivity contribution in [3.8, 4) is 0 Å². The number of nitrogens with two attached hydrogens (primary N) is 1. The summed E-state index contributed by atoms with van der Waals surface area (Å²) < 4.78 is 1.14. The molecule has 0 saturated heterocycles. The fraction of sp³-hybridized carbons (Fsp3) is 0.714. The third-order valence-corrected chi connectivity index (χ3v) is 5.44. The monoisotopic (exact) mass is 332 g/mol. The van der Waals surface area contributed by atoms with E-state index in [9.17, 15) is 0 Å². The van der Waals surface area contributed by atoms with Gasteiger partial charge in [0.2, 0.25) is 0 Å². The van der Waals surface area contributed by atoms with Gasteiger partial charge in [0.1, 0.15) is 0 Å². The Morgan fingerprint density at radius 3 is 2.22 bits per heavy atom. The van der Waals surface area contributed by atoms with Gasteiger partial charge in [-0.2, -0.15) is 0 Å². The maximum Gasteiger partial charge on any atom is 0.0591 e. The number of halogens is 1. The van der Waals surface area contributed by atoms with Crippen LogP contribution >= 0.6 is 27.3 Å². The number of hydrogen-bond donors (Lipinski definition) is 1. The van der Waals surface area contributed by atoms with E-state index in [0.29, 0.717) is 6.04 Å². The topological polar surface area (TPSA) is 29.3 Å². The fourth-order valence-corrected chi connectivity index (χ4v) is 3.88. The van der Waals surface area contributed by atoms with E-state index in [1.807, 2.05) is 0 Å². The molecule has 0 spiro atoms. The molecule has 1 aromatic heterocycles. The van der Waals surface area contributed by atoms with Crippen LogP contribution in [0.3, 0.4) is 0 Å². The molecule has 4 heteroatoms. The van der Waals surface area contributed by atoms with Crippen molar-refractivity contribution in [3.63, 3.8) is 0 Å². The minimum Gasteiger partial charge on any atom is -0.326 e. The maximum atomic E-state index is 6.21. The van der Waals surface area contributed by atoms with Gasteiger partial charge in [-0.3, -0.25) is 4.90 Å². The molecule has 0 aliphatic rings. The predicted octanol–water partition coefficient (Wildman–Crippen LogP) is 4.27. The van der Waals surface area contributed by atoms with Gasteiger partial charge >= 0.3 is 0 Å². The average Bonchev–Trinajstić information content (AvgIpc) is 2.61. The fourth-order valence-electron chi connectivity index (χ4n) is 2.17. The molecule has 1 rings (SSSR count). The van der Waals surface area contributed by atoms with Gasteiger partial charge in [-0.05, 0) is 48.3 Å². The molecule has 0 amide bonds. The van der Waals surface area contributed by atoms with E-state index < -0.39 is 0 Å². The van der Waals surface area contributed by atoms with Gasteiger partial charge in [0.25, 0.3) is 0 Å². The first kappa shape index (κ1) is 16.2. The van der Waals surface area contributed by atoms with E-state index in [4.69, 9.17) is 5.73 Å². The van der Waals surface area contributed by atoms with Crippen molar-refractivity contribution in [2.75, 3.05) is 7.05 Å². The van der Waals surface area contributed by atoms with Gasteiger partial charge in [-0.15, -0.1) is 11.3 Å². The van der Waals surface area contributed by atoms with Gasteiger partial charge in [-0.25, -0.2) is 0 Å². The van der Waals surface area contributed by atoms with Crippen LogP contribution in [0.2, 0.25) is 0 Å². The number of hydrogen-bond acceptors (Lipinski definition) is 3. The molecule has 3 unspecified atom stereocenters. The zero-order valence-electron chi connectivity index (χ0n) is 12.2. The molecule has 0 aromatic carbocycles. The minimum atomic E-state index is 0.116. The maximum absolute atomic E-state index is 6.21. The summed E-state index contributed by atoms with van der Waals surface area (Å²) in [6.07, 6.45) is 0. The lowest BCUT2D eigenvalue weighted by Crippen LogP contribution is -2.46. The van der Waals surface area contributed by atoms with E-state index >= 15 is 0 Å². The van der Waals surface area contributed by atoms with Crippen LogP contribution in [0.15, 0.2) is 15.9 Å². The van der Waals surface area contributed by atoms with Gasteiger partial charge in [0, 0.05) is 26.8 Å². The summed E-state index contributed by atoms with van der Waals surface area (Å²) in [4.78, 5) is 3.73. The first-order valence-corrected chi connectivity index (χ1v) is 8.03. The zero-order valence-corrected chi connectivity index (χ0v) is 14.6. The largest absolute Gasteiger partial charge is 0.326 e. The van der Waals surface area contributed by atoms with Gasteiger partial charge in [-0.1, -0.05) is 20.8 Å². The second kappa shape index (κ2) is 6.04. The van der Waals surface area contributed by atoms with Crippen LogP contribution in [0.5, 0.6) is 0 Å². The molecule has 0 saturated carbocycles. The third-order valence-electron chi connectivity index (χ3n) is 3.68. The zero-order chi connectivity index (χ0) is 14.1. The van der Waals surface area contributed by atoms with E-state index in [-0.39, 0.29) is 17.5 Å². The molecule has 0 radical (unpaired) electrons. The van der Waals surface area contributed by atoms with Crippen LogP contribution in [0.25, 0.3) is 0 Å². The van der Waals surface area contributed by atoms with Crippen molar-refractivity contribution >= 4 is 27.3 Å². The lowest BCUT2D eigenvalue weighted by molar-refractivity contribution is 0.0883. The van der Waals surface area contributed by atoms with Gasteiger partial charge in [0.15, 0.2) is 0 Å². The number of nitrogens with zero attached hydrogens (tertiary/aromatic N) is 1. The lowest BCUT2D eigenvalue weighted by atomic mass is 9.86. The van der Waals surface area contributed by atoms with Crippen molar-refractivity contribution < 1.29 is 0 Å². The van der Waals surface area contributed by atoms with Crippen molar-refractivity contribution in [2.24, 2.45) is 11.1 Å². The molecule has 0 bridgehead atoms. The molecule has 2 N–H and O–H groups in total. The molecule has 1 aromatic rings. The summed E-state index contributed by atoms with van der Waals surface area (Å²) in [7, 11) is 2.18.